The van der Waals surface area contributed by atoms with Crippen LogP contribution in [0.2, 0.25) is 0 Å². The fourth-order valence-electron chi connectivity index (χ4n) is 2.33. The molecule has 0 aliphatic heterocycles. The van der Waals surface area contributed by atoms with E-state index < -0.39 is 0 Å². The summed E-state index contributed by atoms with van der Waals surface area (Å²) in [4.78, 5) is 6.70. The molecule has 1 aromatic carbocycles. The van der Waals surface area contributed by atoms with Crippen molar-refractivity contribution in [1.82, 2.24) is 25.6 Å². The number of aromatic nitrogens is 5. The van der Waals surface area contributed by atoms with E-state index in [9.17, 15) is 0 Å². The summed E-state index contributed by atoms with van der Waals surface area (Å²) in [6, 6.07) is 14.4. The van der Waals surface area contributed by atoms with E-state index in [1.54, 1.807) is 0 Å². The van der Waals surface area contributed by atoms with Crippen LogP contribution in [-0.2, 0) is 13.0 Å². The molecule has 0 atom stereocenters. The van der Waals surface area contributed by atoms with Crippen molar-refractivity contribution in [2.24, 2.45) is 0 Å². The van der Waals surface area contributed by atoms with Gasteiger partial charge in [-0.05, 0) is 36.8 Å². The maximum atomic E-state index is 4.42. The molecular weight excluding hydrogens is 276 g/mol. The molecular formula is C16H18N6. The van der Waals surface area contributed by atoms with Crippen molar-refractivity contribution in [3.8, 4) is 0 Å². The number of benzene rings is 1. The highest BCUT2D eigenvalue weighted by Crippen LogP contribution is 2.18. The average molecular weight is 294 g/mol. The van der Waals surface area contributed by atoms with Crippen LogP contribution in [0, 0.1) is 6.92 Å². The Labute approximate surface area is 129 Å². The number of aromatic amines is 1. The molecule has 0 saturated carbocycles. The number of nitrogens with one attached hydrogen (secondary N) is 1. The van der Waals surface area contributed by atoms with E-state index in [2.05, 4.69) is 61.7 Å². The lowest BCUT2D eigenvalue weighted by atomic mass is 10.2. The number of nitrogens with zero attached hydrogens (tertiary/aromatic N) is 5. The zero-order chi connectivity index (χ0) is 15.2. The number of rotatable bonds is 6. The molecule has 0 bridgehead atoms. The standard InChI is InChI=1S/C16H18N6/c1-13-5-4-7-15(11-13)22(10-8-16-18-20-21-19-16)12-14-6-2-3-9-17-14/h2-7,9,11H,8,10,12H2,1H3,(H,18,19,20,21). The molecule has 1 N–H and O–H groups in total. The van der Waals surface area contributed by atoms with Crippen LogP contribution in [-0.4, -0.2) is 32.2 Å². The third-order valence-corrected chi connectivity index (χ3v) is 3.44. The first-order chi connectivity index (χ1) is 10.8. The van der Waals surface area contributed by atoms with Crippen molar-refractivity contribution in [3.63, 3.8) is 0 Å². The Bertz CT molecular complexity index is 696. The van der Waals surface area contributed by atoms with Gasteiger partial charge >= 0.3 is 0 Å². The van der Waals surface area contributed by atoms with E-state index in [1.807, 2.05) is 24.4 Å². The van der Waals surface area contributed by atoms with Crippen molar-refractivity contribution in [1.29, 1.82) is 0 Å². The van der Waals surface area contributed by atoms with Crippen LogP contribution in [0.4, 0.5) is 5.69 Å². The van der Waals surface area contributed by atoms with E-state index in [1.165, 1.54) is 11.3 Å². The monoisotopic (exact) mass is 294 g/mol. The molecule has 0 saturated heterocycles. The molecule has 0 fully saturated rings. The van der Waals surface area contributed by atoms with Crippen LogP contribution in [0.3, 0.4) is 0 Å². The van der Waals surface area contributed by atoms with E-state index in [-0.39, 0.29) is 0 Å². The Kier molecular flexibility index (Phi) is 4.38. The molecule has 22 heavy (non-hydrogen) atoms. The van der Waals surface area contributed by atoms with Gasteiger partial charge in [0.1, 0.15) is 0 Å². The zero-order valence-corrected chi connectivity index (χ0v) is 12.5. The van der Waals surface area contributed by atoms with Crippen LogP contribution in [0.1, 0.15) is 17.1 Å². The van der Waals surface area contributed by atoms with Gasteiger partial charge in [0.2, 0.25) is 0 Å². The highest BCUT2D eigenvalue weighted by atomic mass is 15.5. The second-order valence-electron chi connectivity index (χ2n) is 5.16. The molecule has 112 valence electrons. The molecule has 0 aliphatic rings. The molecule has 3 rings (SSSR count). The maximum Gasteiger partial charge on any atom is 0.176 e. The largest absolute Gasteiger partial charge is 0.365 e. The first-order valence-corrected chi connectivity index (χ1v) is 7.25. The first-order valence-electron chi connectivity index (χ1n) is 7.25. The fourth-order valence-corrected chi connectivity index (χ4v) is 2.33. The predicted molar refractivity (Wildman–Crippen MR) is 84.3 cm³/mol. The van der Waals surface area contributed by atoms with Crippen LogP contribution in [0.25, 0.3) is 0 Å². The molecule has 2 heterocycles. The molecule has 0 unspecified atom stereocenters. The average Bonchev–Trinajstić information content (AvgIpc) is 3.06. The Hall–Kier alpha value is -2.76. The molecule has 6 heteroatoms. The molecule has 0 spiro atoms. The molecule has 3 aromatic rings. The number of anilines is 1. The topological polar surface area (TPSA) is 70.6 Å². The van der Waals surface area contributed by atoms with E-state index in [0.717, 1.165) is 31.0 Å². The van der Waals surface area contributed by atoms with E-state index in [0.29, 0.717) is 0 Å². The van der Waals surface area contributed by atoms with Gasteiger partial charge in [-0.25, -0.2) is 0 Å². The SMILES string of the molecule is Cc1cccc(N(CCc2nn[nH]n2)Cc2ccccn2)c1. The Morgan fingerprint density at radius 3 is 2.82 bits per heavy atom. The zero-order valence-electron chi connectivity index (χ0n) is 12.5. The highest BCUT2D eigenvalue weighted by molar-refractivity contribution is 5.48. The molecule has 6 nitrogen and oxygen atoms in total. The number of aryl methyl sites for hydroxylation is 1. The van der Waals surface area contributed by atoms with Gasteiger partial charge in [-0.3, -0.25) is 4.98 Å². The van der Waals surface area contributed by atoms with Crippen molar-refractivity contribution in [2.75, 3.05) is 11.4 Å². The van der Waals surface area contributed by atoms with Gasteiger partial charge in [0.05, 0.1) is 12.2 Å². The fraction of sp³-hybridized carbons (Fsp3) is 0.250. The lowest BCUT2D eigenvalue weighted by molar-refractivity contribution is 0.744. The van der Waals surface area contributed by atoms with E-state index >= 15 is 0 Å². The smallest absolute Gasteiger partial charge is 0.176 e. The van der Waals surface area contributed by atoms with Gasteiger partial charge in [-0.15, -0.1) is 10.2 Å². The Balaban J connectivity index is 1.78. The third kappa shape index (κ3) is 3.66. The quantitative estimate of drug-likeness (QED) is 0.754. The number of hydrogen-bond acceptors (Lipinski definition) is 5. The Morgan fingerprint density at radius 1 is 1.14 bits per heavy atom. The van der Waals surface area contributed by atoms with Gasteiger partial charge in [0, 0.05) is 24.8 Å². The molecule has 0 radical (unpaired) electrons. The molecule has 0 amide bonds. The highest BCUT2D eigenvalue weighted by Gasteiger charge is 2.10. The van der Waals surface area contributed by atoms with Crippen molar-refractivity contribution in [3.05, 3.63) is 65.7 Å². The van der Waals surface area contributed by atoms with Crippen molar-refractivity contribution >= 4 is 5.69 Å². The van der Waals surface area contributed by atoms with Gasteiger partial charge in [-0.2, -0.15) is 5.21 Å². The summed E-state index contributed by atoms with van der Waals surface area (Å²) in [6.45, 7) is 3.66. The number of tetrazole rings is 1. The predicted octanol–water partition coefficient (Wildman–Crippen LogP) is 2.15. The summed E-state index contributed by atoms with van der Waals surface area (Å²) < 4.78 is 0. The van der Waals surface area contributed by atoms with Crippen LogP contribution in [0.5, 0.6) is 0 Å². The first kappa shape index (κ1) is 14.2. The van der Waals surface area contributed by atoms with Gasteiger partial charge in [-0.1, -0.05) is 23.4 Å². The minimum absolute atomic E-state index is 0.721. The van der Waals surface area contributed by atoms with Gasteiger partial charge < -0.3 is 4.90 Å². The number of H-pyrrole nitrogens is 1. The second kappa shape index (κ2) is 6.80. The minimum Gasteiger partial charge on any atom is -0.365 e. The molecule has 2 aromatic heterocycles. The second-order valence-corrected chi connectivity index (χ2v) is 5.16. The Morgan fingerprint density at radius 2 is 2.09 bits per heavy atom. The summed E-state index contributed by atoms with van der Waals surface area (Å²) in [6.07, 6.45) is 2.56. The van der Waals surface area contributed by atoms with E-state index in [4.69, 9.17) is 0 Å². The normalized spacial score (nSPS) is 10.6. The van der Waals surface area contributed by atoms with Crippen molar-refractivity contribution in [2.45, 2.75) is 19.9 Å². The summed E-state index contributed by atoms with van der Waals surface area (Å²) in [7, 11) is 0. The number of hydrogen-bond donors (Lipinski definition) is 1. The maximum absolute atomic E-state index is 4.42. The summed E-state index contributed by atoms with van der Waals surface area (Å²) in [5.74, 6) is 0.721. The molecule has 0 aliphatic carbocycles. The van der Waals surface area contributed by atoms with Crippen LogP contribution in [0.15, 0.2) is 48.7 Å². The third-order valence-electron chi connectivity index (χ3n) is 3.44. The van der Waals surface area contributed by atoms with Gasteiger partial charge in [0.25, 0.3) is 0 Å². The summed E-state index contributed by atoms with van der Waals surface area (Å²) in [5.41, 5.74) is 3.45. The van der Waals surface area contributed by atoms with Crippen molar-refractivity contribution < 1.29 is 0 Å². The summed E-state index contributed by atoms with van der Waals surface area (Å²) in [5, 5.41) is 14.1. The minimum atomic E-state index is 0.721. The summed E-state index contributed by atoms with van der Waals surface area (Å²) >= 11 is 0. The lowest BCUT2D eigenvalue weighted by Crippen LogP contribution is -2.26. The lowest BCUT2D eigenvalue weighted by Gasteiger charge is -2.24. The van der Waals surface area contributed by atoms with Crippen LogP contribution < -0.4 is 4.90 Å². The van der Waals surface area contributed by atoms with Gasteiger partial charge in [0.15, 0.2) is 5.82 Å². The van der Waals surface area contributed by atoms with Crippen LogP contribution >= 0.6 is 0 Å². The number of pyridine rings is 1.